The molecule has 1 heterocycles. The fourth-order valence-electron chi connectivity index (χ4n) is 2.60. The lowest BCUT2D eigenvalue weighted by atomic mass is 10.1. The molecular formula is C14H23N3O3S. The third-order valence-corrected chi connectivity index (χ3v) is 4.51. The van der Waals surface area contributed by atoms with Crippen molar-refractivity contribution in [3.63, 3.8) is 0 Å². The third-order valence-electron chi connectivity index (χ3n) is 3.57. The zero-order valence-corrected chi connectivity index (χ0v) is 13.1. The molecule has 0 amide bonds. The summed E-state index contributed by atoms with van der Waals surface area (Å²) in [4.78, 5) is 2.10. The van der Waals surface area contributed by atoms with E-state index in [1.165, 1.54) is 6.07 Å². The van der Waals surface area contributed by atoms with Gasteiger partial charge in [-0.15, -0.1) is 0 Å². The molecule has 0 saturated carbocycles. The van der Waals surface area contributed by atoms with E-state index in [0.29, 0.717) is 17.9 Å². The van der Waals surface area contributed by atoms with Crippen molar-refractivity contribution in [2.75, 3.05) is 30.3 Å². The summed E-state index contributed by atoms with van der Waals surface area (Å²) in [5, 5.41) is 5.31. The van der Waals surface area contributed by atoms with E-state index in [4.69, 9.17) is 15.6 Å². The van der Waals surface area contributed by atoms with Crippen LogP contribution < -0.4 is 15.8 Å². The SMILES string of the molecule is CCCOC1CCCN(c2ccc(N)cc2S(N)(=O)=O)C1. The molecule has 0 bridgehead atoms. The number of hydrogen-bond donors (Lipinski definition) is 2. The minimum Gasteiger partial charge on any atom is -0.399 e. The molecule has 21 heavy (non-hydrogen) atoms. The molecule has 1 aromatic carbocycles. The summed E-state index contributed by atoms with van der Waals surface area (Å²) in [5.74, 6) is 0. The number of piperidine rings is 1. The Bertz CT molecular complexity index is 589. The predicted molar refractivity (Wildman–Crippen MR) is 83.7 cm³/mol. The lowest BCUT2D eigenvalue weighted by Crippen LogP contribution is -2.40. The minimum absolute atomic E-state index is 0.0821. The van der Waals surface area contributed by atoms with Crippen molar-refractivity contribution in [1.29, 1.82) is 0 Å². The summed E-state index contributed by atoms with van der Waals surface area (Å²) >= 11 is 0. The zero-order valence-electron chi connectivity index (χ0n) is 12.3. The molecule has 0 radical (unpaired) electrons. The number of sulfonamides is 1. The maximum Gasteiger partial charge on any atom is 0.240 e. The molecule has 1 saturated heterocycles. The van der Waals surface area contributed by atoms with Gasteiger partial charge in [-0.3, -0.25) is 0 Å². The summed E-state index contributed by atoms with van der Waals surface area (Å²) in [6, 6.07) is 4.83. The van der Waals surface area contributed by atoms with Crippen LogP contribution in [-0.4, -0.2) is 34.2 Å². The molecule has 1 aliphatic heterocycles. The van der Waals surface area contributed by atoms with Gasteiger partial charge in [-0.2, -0.15) is 0 Å². The van der Waals surface area contributed by atoms with Crippen molar-refractivity contribution in [2.24, 2.45) is 5.14 Å². The van der Waals surface area contributed by atoms with Gasteiger partial charge >= 0.3 is 0 Å². The summed E-state index contributed by atoms with van der Waals surface area (Å²) < 4.78 is 29.3. The van der Waals surface area contributed by atoms with Gasteiger partial charge in [0.25, 0.3) is 0 Å². The topological polar surface area (TPSA) is 98.7 Å². The molecule has 2 rings (SSSR count). The van der Waals surface area contributed by atoms with Gasteiger partial charge in [0, 0.05) is 25.4 Å². The first-order valence-corrected chi connectivity index (χ1v) is 8.75. The Morgan fingerprint density at radius 1 is 1.43 bits per heavy atom. The molecule has 1 unspecified atom stereocenters. The average Bonchev–Trinajstić information content (AvgIpc) is 2.44. The van der Waals surface area contributed by atoms with Crippen LogP contribution >= 0.6 is 0 Å². The van der Waals surface area contributed by atoms with Crippen molar-refractivity contribution in [3.05, 3.63) is 18.2 Å². The van der Waals surface area contributed by atoms with Crippen LogP contribution in [0, 0.1) is 0 Å². The highest BCUT2D eigenvalue weighted by Crippen LogP contribution is 2.29. The Labute approximate surface area is 126 Å². The van der Waals surface area contributed by atoms with Crippen LogP contribution in [0.5, 0.6) is 0 Å². The summed E-state index contributed by atoms with van der Waals surface area (Å²) in [6.45, 7) is 4.26. The number of primary sulfonamides is 1. The standard InChI is InChI=1S/C14H23N3O3S/c1-2-8-20-12-4-3-7-17(10-12)13-6-5-11(15)9-14(13)21(16,18)19/h5-6,9,12H,2-4,7-8,10,15H2,1H3,(H2,16,18,19). The van der Waals surface area contributed by atoms with Crippen LogP contribution in [0.1, 0.15) is 26.2 Å². The van der Waals surface area contributed by atoms with E-state index >= 15 is 0 Å². The fourth-order valence-corrected chi connectivity index (χ4v) is 3.39. The molecule has 118 valence electrons. The van der Waals surface area contributed by atoms with Gasteiger partial charge in [0.05, 0.1) is 11.8 Å². The number of ether oxygens (including phenoxy) is 1. The largest absolute Gasteiger partial charge is 0.399 e. The van der Waals surface area contributed by atoms with Crippen molar-refractivity contribution in [1.82, 2.24) is 0 Å². The number of anilines is 2. The van der Waals surface area contributed by atoms with Crippen LogP contribution in [0.4, 0.5) is 11.4 Å². The van der Waals surface area contributed by atoms with Gasteiger partial charge in [-0.1, -0.05) is 6.92 Å². The first-order valence-electron chi connectivity index (χ1n) is 7.20. The van der Waals surface area contributed by atoms with E-state index in [-0.39, 0.29) is 11.0 Å². The Balaban J connectivity index is 2.25. The normalized spacial score (nSPS) is 19.7. The summed E-state index contributed by atoms with van der Waals surface area (Å²) in [6.07, 6.45) is 3.06. The number of benzene rings is 1. The Morgan fingerprint density at radius 3 is 2.86 bits per heavy atom. The van der Waals surface area contributed by atoms with Crippen molar-refractivity contribution in [2.45, 2.75) is 37.2 Å². The van der Waals surface area contributed by atoms with E-state index in [9.17, 15) is 8.42 Å². The van der Waals surface area contributed by atoms with Crippen LogP contribution in [0.15, 0.2) is 23.1 Å². The molecular weight excluding hydrogens is 290 g/mol. The second-order valence-corrected chi connectivity index (χ2v) is 6.88. The minimum atomic E-state index is -3.80. The van der Waals surface area contributed by atoms with E-state index < -0.39 is 10.0 Å². The van der Waals surface area contributed by atoms with Gasteiger partial charge < -0.3 is 15.4 Å². The highest BCUT2D eigenvalue weighted by Gasteiger charge is 2.25. The van der Waals surface area contributed by atoms with E-state index in [2.05, 4.69) is 6.92 Å². The van der Waals surface area contributed by atoms with Crippen LogP contribution in [0.25, 0.3) is 0 Å². The number of nitrogen functional groups attached to an aromatic ring is 1. The molecule has 4 N–H and O–H groups in total. The maximum absolute atomic E-state index is 11.8. The zero-order chi connectivity index (χ0) is 15.5. The quantitative estimate of drug-likeness (QED) is 0.799. The highest BCUT2D eigenvalue weighted by molar-refractivity contribution is 7.89. The predicted octanol–water partition coefficient (Wildman–Crippen LogP) is 1.31. The lowest BCUT2D eigenvalue weighted by Gasteiger charge is -2.35. The van der Waals surface area contributed by atoms with E-state index in [0.717, 1.165) is 32.4 Å². The highest BCUT2D eigenvalue weighted by atomic mass is 32.2. The first-order chi connectivity index (χ1) is 9.91. The number of nitrogens with two attached hydrogens (primary N) is 2. The Kier molecular flexibility index (Phi) is 5.08. The molecule has 1 fully saturated rings. The molecule has 1 atom stereocenters. The van der Waals surface area contributed by atoms with Gasteiger partial charge in [-0.05, 0) is 37.5 Å². The Hall–Kier alpha value is -1.31. The van der Waals surface area contributed by atoms with Crippen molar-refractivity contribution in [3.8, 4) is 0 Å². The van der Waals surface area contributed by atoms with Gasteiger partial charge in [0.2, 0.25) is 10.0 Å². The maximum atomic E-state index is 11.8. The first kappa shape index (κ1) is 16.1. The monoisotopic (exact) mass is 313 g/mol. The molecule has 1 aromatic rings. The number of nitrogens with zero attached hydrogens (tertiary/aromatic N) is 1. The molecule has 6 nitrogen and oxygen atoms in total. The fraction of sp³-hybridized carbons (Fsp3) is 0.571. The van der Waals surface area contributed by atoms with Crippen molar-refractivity contribution < 1.29 is 13.2 Å². The van der Waals surface area contributed by atoms with Gasteiger partial charge in [-0.25, -0.2) is 13.6 Å². The van der Waals surface area contributed by atoms with Crippen LogP contribution in [-0.2, 0) is 14.8 Å². The number of rotatable bonds is 5. The molecule has 0 aromatic heterocycles. The third kappa shape index (κ3) is 4.09. The molecule has 7 heteroatoms. The lowest BCUT2D eigenvalue weighted by molar-refractivity contribution is 0.0439. The molecule has 1 aliphatic rings. The van der Waals surface area contributed by atoms with Crippen LogP contribution in [0.3, 0.4) is 0 Å². The van der Waals surface area contributed by atoms with Crippen LogP contribution in [0.2, 0.25) is 0 Å². The second-order valence-electron chi connectivity index (χ2n) is 5.35. The van der Waals surface area contributed by atoms with E-state index in [1.54, 1.807) is 12.1 Å². The Morgan fingerprint density at radius 2 is 2.19 bits per heavy atom. The van der Waals surface area contributed by atoms with Crippen molar-refractivity contribution >= 4 is 21.4 Å². The summed E-state index contributed by atoms with van der Waals surface area (Å²) in [5.41, 5.74) is 6.68. The molecule has 0 spiro atoms. The van der Waals surface area contributed by atoms with E-state index in [1.807, 2.05) is 4.90 Å². The summed E-state index contributed by atoms with van der Waals surface area (Å²) in [7, 11) is -3.80. The molecule has 0 aliphatic carbocycles. The van der Waals surface area contributed by atoms with Gasteiger partial charge in [0.1, 0.15) is 4.90 Å². The van der Waals surface area contributed by atoms with Gasteiger partial charge in [0.15, 0.2) is 0 Å². The number of hydrogen-bond acceptors (Lipinski definition) is 5. The average molecular weight is 313 g/mol. The second kappa shape index (κ2) is 6.64. The smallest absolute Gasteiger partial charge is 0.240 e.